The van der Waals surface area contributed by atoms with Crippen LogP contribution in [0.25, 0.3) is 0 Å². The van der Waals surface area contributed by atoms with E-state index < -0.39 is 0 Å². The maximum atomic E-state index is 11.1. The molecular formula is C10H19NO2. The summed E-state index contributed by atoms with van der Waals surface area (Å²) in [4.78, 5) is 11.1. The molecule has 0 amide bonds. The van der Waals surface area contributed by atoms with Gasteiger partial charge < -0.3 is 10.1 Å². The van der Waals surface area contributed by atoms with Crippen LogP contribution in [0.2, 0.25) is 0 Å². The summed E-state index contributed by atoms with van der Waals surface area (Å²) in [5.74, 6) is -0.162. The molecule has 0 aromatic rings. The molecule has 1 N–H and O–H groups in total. The topological polar surface area (TPSA) is 38.3 Å². The summed E-state index contributed by atoms with van der Waals surface area (Å²) < 4.78 is 4.65. The third-order valence-corrected chi connectivity index (χ3v) is 2.65. The summed E-state index contributed by atoms with van der Waals surface area (Å²) in [6.07, 6.45) is 6.30. The first-order valence-electron chi connectivity index (χ1n) is 5.08. The third-order valence-electron chi connectivity index (χ3n) is 2.65. The van der Waals surface area contributed by atoms with Crippen LogP contribution in [0.3, 0.4) is 0 Å². The zero-order valence-electron chi connectivity index (χ0n) is 8.51. The second kappa shape index (κ2) is 5.22. The Morgan fingerprint density at radius 2 is 2.00 bits per heavy atom. The Hall–Kier alpha value is -0.570. The number of hydrogen-bond donors (Lipinski definition) is 1. The molecule has 0 spiro atoms. The van der Waals surface area contributed by atoms with Gasteiger partial charge in [0.05, 0.1) is 7.11 Å². The highest BCUT2D eigenvalue weighted by atomic mass is 16.5. The van der Waals surface area contributed by atoms with E-state index >= 15 is 0 Å². The smallest absolute Gasteiger partial charge is 0.322 e. The lowest BCUT2D eigenvalue weighted by molar-refractivity contribution is -0.142. The van der Waals surface area contributed by atoms with Crippen molar-refractivity contribution in [2.45, 2.75) is 51.1 Å². The number of nitrogens with one attached hydrogen (secondary N) is 1. The largest absolute Gasteiger partial charge is 0.468 e. The molecule has 0 aliphatic heterocycles. The molecule has 1 atom stereocenters. The second-order valence-corrected chi connectivity index (χ2v) is 3.75. The van der Waals surface area contributed by atoms with Crippen molar-refractivity contribution in [1.29, 1.82) is 0 Å². The van der Waals surface area contributed by atoms with E-state index in [1.54, 1.807) is 0 Å². The van der Waals surface area contributed by atoms with Crippen molar-refractivity contribution in [3.8, 4) is 0 Å². The van der Waals surface area contributed by atoms with E-state index in [-0.39, 0.29) is 12.0 Å². The highest BCUT2D eigenvalue weighted by molar-refractivity contribution is 5.75. The van der Waals surface area contributed by atoms with E-state index in [9.17, 15) is 4.79 Å². The number of ether oxygens (including phenoxy) is 1. The van der Waals surface area contributed by atoms with Crippen molar-refractivity contribution in [2.24, 2.45) is 0 Å². The fraction of sp³-hybridized carbons (Fsp3) is 0.900. The number of hydrogen-bond acceptors (Lipinski definition) is 3. The van der Waals surface area contributed by atoms with Crippen LogP contribution >= 0.6 is 0 Å². The molecule has 1 saturated carbocycles. The van der Waals surface area contributed by atoms with Crippen LogP contribution in [-0.2, 0) is 9.53 Å². The molecule has 13 heavy (non-hydrogen) atoms. The number of esters is 1. The van der Waals surface area contributed by atoms with Crippen LogP contribution in [0.5, 0.6) is 0 Å². The molecule has 1 rings (SSSR count). The van der Waals surface area contributed by atoms with Crippen LogP contribution in [0, 0.1) is 0 Å². The Labute approximate surface area is 79.8 Å². The lowest BCUT2D eigenvalue weighted by Crippen LogP contribution is -2.42. The number of methoxy groups -OCH3 is 1. The molecule has 0 radical (unpaired) electrons. The fourth-order valence-corrected chi connectivity index (χ4v) is 1.87. The highest BCUT2D eigenvalue weighted by Gasteiger charge is 2.19. The normalized spacial score (nSPS) is 21.1. The Balaban J connectivity index is 2.25. The molecule has 0 heterocycles. The van der Waals surface area contributed by atoms with Gasteiger partial charge in [-0.15, -0.1) is 0 Å². The van der Waals surface area contributed by atoms with Crippen LogP contribution in [0.15, 0.2) is 0 Å². The molecule has 3 nitrogen and oxygen atoms in total. The van der Waals surface area contributed by atoms with Crippen molar-refractivity contribution in [1.82, 2.24) is 5.32 Å². The van der Waals surface area contributed by atoms with Crippen LogP contribution < -0.4 is 5.32 Å². The van der Waals surface area contributed by atoms with Gasteiger partial charge in [-0.3, -0.25) is 4.79 Å². The zero-order chi connectivity index (χ0) is 9.68. The Bertz CT molecular complexity index is 164. The fourth-order valence-electron chi connectivity index (χ4n) is 1.87. The molecule has 1 unspecified atom stereocenters. The first-order chi connectivity index (χ1) is 6.24. The average molecular weight is 185 g/mol. The number of carbonyl (C=O) groups is 1. The lowest BCUT2D eigenvalue weighted by Gasteiger charge is -2.25. The standard InChI is InChI=1S/C10H19NO2/c1-8(10(12)13-2)11-9-6-4-3-5-7-9/h8-9,11H,3-7H2,1-2H3. The van der Waals surface area contributed by atoms with Gasteiger partial charge in [-0.05, 0) is 19.8 Å². The summed E-state index contributed by atoms with van der Waals surface area (Å²) in [6, 6.07) is 0.357. The van der Waals surface area contributed by atoms with Gasteiger partial charge in [0.25, 0.3) is 0 Å². The van der Waals surface area contributed by atoms with Crippen molar-refractivity contribution >= 4 is 5.97 Å². The minimum absolute atomic E-state index is 0.159. The molecule has 76 valence electrons. The van der Waals surface area contributed by atoms with E-state index in [4.69, 9.17) is 0 Å². The predicted molar refractivity (Wildman–Crippen MR) is 51.5 cm³/mol. The van der Waals surface area contributed by atoms with Gasteiger partial charge in [-0.2, -0.15) is 0 Å². The SMILES string of the molecule is COC(=O)C(C)NC1CCCCC1. The van der Waals surface area contributed by atoms with E-state index in [1.807, 2.05) is 6.92 Å². The molecule has 0 saturated heterocycles. The van der Waals surface area contributed by atoms with E-state index in [1.165, 1.54) is 39.2 Å². The molecule has 1 aliphatic carbocycles. The van der Waals surface area contributed by atoms with Crippen LogP contribution in [0.1, 0.15) is 39.0 Å². The molecule has 1 aliphatic rings. The number of rotatable bonds is 3. The summed E-state index contributed by atoms with van der Waals surface area (Å²) in [5, 5.41) is 3.29. The Morgan fingerprint density at radius 1 is 1.38 bits per heavy atom. The number of carbonyl (C=O) groups excluding carboxylic acids is 1. The van der Waals surface area contributed by atoms with Gasteiger partial charge in [-0.25, -0.2) is 0 Å². The maximum Gasteiger partial charge on any atom is 0.322 e. The van der Waals surface area contributed by atoms with E-state index in [0.29, 0.717) is 6.04 Å². The Kier molecular flexibility index (Phi) is 4.22. The van der Waals surface area contributed by atoms with Gasteiger partial charge >= 0.3 is 5.97 Å². The van der Waals surface area contributed by atoms with Crippen LogP contribution in [0.4, 0.5) is 0 Å². The second-order valence-electron chi connectivity index (χ2n) is 3.75. The quantitative estimate of drug-likeness (QED) is 0.677. The minimum atomic E-state index is -0.162. The highest BCUT2D eigenvalue weighted by Crippen LogP contribution is 2.17. The molecular weight excluding hydrogens is 166 g/mol. The first kappa shape index (κ1) is 10.5. The minimum Gasteiger partial charge on any atom is -0.468 e. The van der Waals surface area contributed by atoms with Gasteiger partial charge in [0, 0.05) is 6.04 Å². The molecule has 3 heteroatoms. The summed E-state index contributed by atoms with van der Waals surface area (Å²) >= 11 is 0. The van der Waals surface area contributed by atoms with Crippen molar-refractivity contribution < 1.29 is 9.53 Å². The Morgan fingerprint density at radius 3 is 2.54 bits per heavy atom. The van der Waals surface area contributed by atoms with Gasteiger partial charge in [-0.1, -0.05) is 19.3 Å². The average Bonchev–Trinajstić information content (AvgIpc) is 2.18. The predicted octanol–water partition coefficient (Wildman–Crippen LogP) is 1.47. The van der Waals surface area contributed by atoms with Crippen molar-refractivity contribution in [3.63, 3.8) is 0 Å². The van der Waals surface area contributed by atoms with Gasteiger partial charge in [0.1, 0.15) is 6.04 Å². The van der Waals surface area contributed by atoms with Crippen molar-refractivity contribution in [3.05, 3.63) is 0 Å². The summed E-state index contributed by atoms with van der Waals surface area (Å²) in [5.41, 5.74) is 0. The monoisotopic (exact) mass is 185 g/mol. The molecule has 1 fully saturated rings. The van der Waals surface area contributed by atoms with Gasteiger partial charge in [0.15, 0.2) is 0 Å². The lowest BCUT2D eigenvalue weighted by atomic mass is 9.95. The summed E-state index contributed by atoms with van der Waals surface area (Å²) in [7, 11) is 1.43. The first-order valence-corrected chi connectivity index (χ1v) is 5.08. The van der Waals surface area contributed by atoms with E-state index in [2.05, 4.69) is 10.1 Å². The van der Waals surface area contributed by atoms with Crippen molar-refractivity contribution in [2.75, 3.05) is 7.11 Å². The van der Waals surface area contributed by atoms with Crippen LogP contribution in [-0.4, -0.2) is 25.2 Å². The molecule has 0 aromatic carbocycles. The van der Waals surface area contributed by atoms with Gasteiger partial charge in [0.2, 0.25) is 0 Å². The molecule has 0 aromatic heterocycles. The summed E-state index contributed by atoms with van der Waals surface area (Å²) in [6.45, 7) is 1.86. The maximum absolute atomic E-state index is 11.1. The third kappa shape index (κ3) is 3.35. The zero-order valence-corrected chi connectivity index (χ0v) is 8.51. The molecule has 0 bridgehead atoms. The van der Waals surface area contributed by atoms with E-state index in [0.717, 1.165) is 0 Å².